The summed E-state index contributed by atoms with van der Waals surface area (Å²) in [5.41, 5.74) is -1.90. The molecule has 0 aromatic carbocycles. The smallest absolute Gasteiger partial charge is 0.410 e. The van der Waals surface area contributed by atoms with E-state index in [1.54, 1.807) is 6.26 Å². The highest BCUT2D eigenvalue weighted by Gasteiger charge is 2.70. The number of carbonyl (C=O) groups is 2. The van der Waals surface area contributed by atoms with E-state index in [9.17, 15) is 24.6 Å². The zero-order valence-corrected chi connectivity index (χ0v) is 22.4. The summed E-state index contributed by atoms with van der Waals surface area (Å²) in [5.74, 6) is 0.195. The van der Waals surface area contributed by atoms with E-state index in [0.29, 0.717) is 38.8 Å². The zero-order valence-electron chi connectivity index (χ0n) is 22.4. The van der Waals surface area contributed by atoms with E-state index < -0.39 is 17.3 Å². The summed E-state index contributed by atoms with van der Waals surface area (Å²) in [6, 6.07) is 3.31. The third-order valence-electron chi connectivity index (χ3n) is 11.6. The summed E-state index contributed by atoms with van der Waals surface area (Å²) in [4.78, 5) is 37.4. The van der Waals surface area contributed by atoms with E-state index in [4.69, 9.17) is 9.15 Å². The van der Waals surface area contributed by atoms with Gasteiger partial charge in [-0.1, -0.05) is 13.8 Å². The molecular weight excluding hydrogens is 488 g/mol. The fraction of sp³-hybridized carbons (Fsp3) is 0.759. The highest BCUT2D eigenvalue weighted by atomic mass is 16.6. The molecule has 5 aliphatic rings. The highest BCUT2D eigenvalue weighted by molar-refractivity contribution is 5.83. The van der Waals surface area contributed by atoms with Gasteiger partial charge in [-0.25, -0.2) is 9.59 Å². The minimum atomic E-state index is -0.971. The van der Waals surface area contributed by atoms with Gasteiger partial charge in [0.25, 0.3) is 0 Å². The van der Waals surface area contributed by atoms with Crippen molar-refractivity contribution in [1.29, 1.82) is 0 Å². The lowest BCUT2D eigenvalue weighted by molar-refractivity contribution is -0.253. The molecule has 6 rings (SSSR count). The van der Waals surface area contributed by atoms with E-state index in [1.165, 1.54) is 11.0 Å². The van der Waals surface area contributed by atoms with Crippen LogP contribution in [-0.4, -0.2) is 64.1 Å². The number of rotatable bonds is 2. The van der Waals surface area contributed by atoms with Gasteiger partial charge in [-0.2, -0.15) is 0 Å². The normalized spacial score (nSPS) is 44.4. The third kappa shape index (κ3) is 3.68. The summed E-state index contributed by atoms with van der Waals surface area (Å²) < 4.78 is 11.0. The average molecular weight is 529 g/mol. The molecule has 9 nitrogen and oxygen atoms in total. The van der Waals surface area contributed by atoms with Crippen LogP contribution in [0.15, 0.2) is 27.6 Å². The fourth-order valence-corrected chi connectivity index (χ4v) is 9.39. The first-order valence-corrected chi connectivity index (χ1v) is 14.2. The Morgan fingerprint density at radius 1 is 1.03 bits per heavy atom. The quantitative estimate of drug-likeness (QED) is 0.538. The first kappa shape index (κ1) is 25.9. The number of piperazine rings is 1. The van der Waals surface area contributed by atoms with Crippen molar-refractivity contribution < 1.29 is 29.0 Å². The molecule has 1 aliphatic heterocycles. The number of carbonyl (C=O) groups excluding carboxylic acids is 2. The molecule has 0 spiro atoms. The van der Waals surface area contributed by atoms with E-state index >= 15 is 0 Å². The Morgan fingerprint density at radius 3 is 2.53 bits per heavy atom. The van der Waals surface area contributed by atoms with Crippen molar-refractivity contribution in [3.05, 3.63) is 34.4 Å². The Labute approximate surface area is 222 Å². The summed E-state index contributed by atoms with van der Waals surface area (Å²) in [7, 11) is 0. The number of aliphatic hydroxyl groups is 2. The number of hydrogen-bond donors (Lipinski definition) is 3. The topological polar surface area (TPSA) is 129 Å². The molecule has 0 radical (unpaired) electrons. The van der Waals surface area contributed by atoms with Crippen LogP contribution < -0.4 is 10.9 Å². The number of fused-ring (bicyclic) bond motifs is 5. The van der Waals surface area contributed by atoms with Gasteiger partial charge in [-0.05, 0) is 86.2 Å². The monoisotopic (exact) mass is 528 g/mol. The van der Waals surface area contributed by atoms with Crippen LogP contribution in [0.25, 0.3) is 0 Å². The molecule has 2 amide bonds. The number of hydrogen-bond acceptors (Lipinski definition) is 7. The average Bonchev–Trinajstić information content (AvgIpc) is 3.16. The Morgan fingerprint density at radius 2 is 1.79 bits per heavy atom. The van der Waals surface area contributed by atoms with Crippen molar-refractivity contribution in [3.8, 4) is 0 Å². The van der Waals surface area contributed by atoms with Gasteiger partial charge in [0.15, 0.2) is 0 Å². The fourth-order valence-electron chi connectivity index (χ4n) is 9.39. The standard InChI is InChI=1S/C29H40N2O7/c1-26-9-5-19(38-25(34)31-14-13-30-23(32)16-31)15-28(26,35)11-7-22-21(26)6-10-27(2)20(8-12-29(22,27)36)18-3-4-24(33)37-17-18/h3-4,17,19-22,35-36H,5-16H2,1-2H3,(H,30,32)/t19-,20+,21-,22+,26+,27+,28-,29-/m0/s1. The van der Waals surface area contributed by atoms with E-state index in [1.807, 2.05) is 6.07 Å². The summed E-state index contributed by atoms with van der Waals surface area (Å²) in [5, 5.41) is 27.2. The molecule has 3 N–H and O–H groups in total. The SMILES string of the molecule is C[C@]12CC[C@H](OC(=O)N3CCNC(=O)C3)C[C@@]1(O)CC[C@@H]1[C@@H]2CC[C@]2(C)[C@@H](c3ccc(=O)oc3)CC[C@]12O. The van der Waals surface area contributed by atoms with Crippen LogP contribution in [0.2, 0.25) is 0 Å². The van der Waals surface area contributed by atoms with Gasteiger partial charge in [0.05, 0.1) is 17.5 Å². The predicted octanol–water partition coefficient (Wildman–Crippen LogP) is 2.93. The number of nitrogens with zero attached hydrogens (tertiary/aromatic N) is 1. The minimum absolute atomic E-state index is 0.00472. The Balaban J connectivity index is 1.19. The molecule has 5 fully saturated rings. The van der Waals surface area contributed by atoms with Crippen LogP contribution >= 0.6 is 0 Å². The maximum Gasteiger partial charge on any atom is 0.410 e. The lowest BCUT2D eigenvalue weighted by Crippen LogP contribution is -2.67. The lowest BCUT2D eigenvalue weighted by atomic mass is 9.42. The number of nitrogens with one attached hydrogen (secondary N) is 1. The van der Waals surface area contributed by atoms with E-state index in [0.717, 1.165) is 37.7 Å². The van der Waals surface area contributed by atoms with Crippen LogP contribution in [0.1, 0.15) is 83.1 Å². The van der Waals surface area contributed by atoms with Gasteiger partial charge in [0.1, 0.15) is 12.6 Å². The van der Waals surface area contributed by atoms with Crippen molar-refractivity contribution in [1.82, 2.24) is 10.2 Å². The molecule has 1 saturated heterocycles. The first-order valence-electron chi connectivity index (χ1n) is 14.2. The lowest BCUT2D eigenvalue weighted by Gasteiger charge is -2.66. The first-order chi connectivity index (χ1) is 18.0. The van der Waals surface area contributed by atoms with Crippen LogP contribution in [0.3, 0.4) is 0 Å². The van der Waals surface area contributed by atoms with Crippen molar-refractivity contribution in [2.45, 2.75) is 94.9 Å². The molecule has 38 heavy (non-hydrogen) atoms. The molecule has 9 heteroatoms. The third-order valence-corrected chi connectivity index (χ3v) is 11.6. The molecule has 208 valence electrons. The molecule has 0 unspecified atom stereocenters. The van der Waals surface area contributed by atoms with Crippen LogP contribution in [0.4, 0.5) is 4.79 Å². The number of ether oxygens (including phenoxy) is 1. The summed E-state index contributed by atoms with van der Waals surface area (Å²) in [6.07, 6.45) is 7.07. The van der Waals surface area contributed by atoms with Gasteiger partial charge in [0, 0.05) is 31.0 Å². The van der Waals surface area contributed by atoms with Crippen LogP contribution in [0, 0.1) is 22.7 Å². The molecule has 4 saturated carbocycles. The second-order valence-electron chi connectivity index (χ2n) is 13.1. The molecule has 0 bridgehead atoms. The van der Waals surface area contributed by atoms with Crippen LogP contribution in [-0.2, 0) is 9.53 Å². The van der Waals surface area contributed by atoms with E-state index in [-0.39, 0.29) is 52.8 Å². The van der Waals surface area contributed by atoms with Gasteiger partial charge in [0.2, 0.25) is 5.91 Å². The van der Waals surface area contributed by atoms with Gasteiger partial charge in [-0.3, -0.25) is 9.69 Å². The largest absolute Gasteiger partial charge is 0.446 e. The summed E-state index contributed by atoms with van der Waals surface area (Å²) >= 11 is 0. The Bertz CT molecular complexity index is 1170. The van der Waals surface area contributed by atoms with Crippen molar-refractivity contribution >= 4 is 12.0 Å². The van der Waals surface area contributed by atoms with Crippen molar-refractivity contribution in [2.24, 2.45) is 22.7 Å². The summed E-state index contributed by atoms with van der Waals surface area (Å²) in [6.45, 7) is 5.24. The maximum absolute atomic E-state index is 12.7. The van der Waals surface area contributed by atoms with Gasteiger partial charge < -0.3 is 24.7 Å². The molecule has 2 heterocycles. The van der Waals surface area contributed by atoms with Crippen LogP contribution in [0.5, 0.6) is 0 Å². The Hall–Kier alpha value is -2.39. The molecule has 8 atom stereocenters. The second-order valence-corrected chi connectivity index (χ2v) is 13.1. The molecule has 1 aromatic rings. The van der Waals surface area contributed by atoms with Crippen molar-refractivity contribution in [2.75, 3.05) is 19.6 Å². The maximum atomic E-state index is 12.7. The number of amides is 2. The minimum Gasteiger partial charge on any atom is -0.446 e. The van der Waals surface area contributed by atoms with E-state index in [2.05, 4.69) is 19.2 Å². The second kappa shape index (κ2) is 8.81. The van der Waals surface area contributed by atoms with Gasteiger partial charge in [-0.15, -0.1) is 0 Å². The molecular formula is C29H40N2O7. The molecule has 1 aromatic heterocycles. The highest BCUT2D eigenvalue weighted by Crippen LogP contribution is 2.71. The van der Waals surface area contributed by atoms with Gasteiger partial charge >= 0.3 is 11.7 Å². The molecule has 4 aliphatic carbocycles. The predicted molar refractivity (Wildman–Crippen MR) is 137 cm³/mol. The zero-order chi connectivity index (χ0) is 26.9. The Kier molecular flexibility index (Phi) is 6.00. The van der Waals surface area contributed by atoms with Crippen molar-refractivity contribution in [3.63, 3.8) is 0 Å².